The van der Waals surface area contributed by atoms with E-state index in [2.05, 4.69) is 10.2 Å². The molecule has 6 rings (SSSR count). The number of carbonyl (C=O) groups excluding carboxylic acids is 1. The molecular weight excluding hydrogens is 410 g/mol. The third-order valence-corrected chi connectivity index (χ3v) is 6.94. The number of para-hydroxylation sites is 1. The van der Waals surface area contributed by atoms with Crippen molar-refractivity contribution < 1.29 is 24.1 Å². The number of hydrogen-bond donors (Lipinski definition) is 2. The van der Waals surface area contributed by atoms with Crippen LogP contribution in [-0.4, -0.2) is 58.2 Å². The van der Waals surface area contributed by atoms with Crippen molar-refractivity contribution in [1.29, 1.82) is 0 Å². The Morgan fingerprint density at radius 3 is 2.84 bits per heavy atom. The number of H-pyrrole nitrogens is 1. The average Bonchev–Trinajstić information content (AvgIpc) is 3.52. The van der Waals surface area contributed by atoms with Crippen molar-refractivity contribution in [3.8, 4) is 17.2 Å². The number of likely N-dealkylation sites (tertiary alicyclic amines) is 1. The topological polar surface area (TPSA) is 96.9 Å². The van der Waals surface area contributed by atoms with Gasteiger partial charge >= 0.3 is 0 Å². The lowest BCUT2D eigenvalue weighted by atomic mass is 9.78. The van der Waals surface area contributed by atoms with Gasteiger partial charge in [0.25, 0.3) is 0 Å². The van der Waals surface area contributed by atoms with Gasteiger partial charge in [-0.25, -0.2) is 0 Å². The number of amides is 1. The number of aliphatic hydroxyl groups is 1. The Morgan fingerprint density at radius 2 is 1.94 bits per heavy atom. The van der Waals surface area contributed by atoms with Crippen molar-refractivity contribution in [1.82, 2.24) is 15.1 Å². The molecule has 2 aliphatic heterocycles. The molecule has 1 amide bonds. The van der Waals surface area contributed by atoms with Gasteiger partial charge in [0, 0.05) is 24.5 Å². The van der Waals surface area contributed by atoms with Crippen molar-refractivity contribution in [3.63, 3.8) is 0 Å². The maximum absolute atomic E-state index is 13.0. The number of hydrogen-bond acceptors (Lipinski definition) is 6. The second-order valence-electron chi connectivity index (χ2n) is 8.93. The zero-order valence-electron chi connectivity index (χ0n) is 17.6. The van der Waals surface area contributed by atoms with Gasteiger partial charge in [-0.3, -0.25) is 9.89 Å². The molecule has 166 valence electrons. The third kappa shape index (κ3) is 3.44. The van der Waals surface area contributed by atoms with E-state index >= 15 is 0 Å². The van der Waals surface area contributed by atoms with E-state index in [1.54, 1.807) is 6.07 Å². The molecule has 1 saturated heterocycles. The van der Waals surface area contributed by atoms with Crippen molar-refractivity contribution in [2.24, 2.45) is 11.8 Å². The van der Waals surface area contributed by atoms with E-state index in [0.717, 1.165) is 23.0 Å². The number of fused-ring (bicyclic) bond motifs is 3. The summed E-state index contributed by atoms with van der Waals surface area (Å²) in [7, 11) is 0. The predicted molar refractivity (Wildman–Crippen MR) is 116 cm³/mol. The Bertz CT molecular complexity index is 1160. The summed E-state index contributed by atoms with van der Waals surface area (Å²) in [4.78, 5) is 15.0. The van der Waals surface area contributed by atoms with E-state index in [1.807, 2.05) is 41.3 Å². The highest BCUT2D eigenvalue weighted by Crippen LogP contribution is 2.40. The molecule has 8 heteroatoms. The van der Waals surface area contributed by atoms with Crippen molar-refractivity contribution in [2.45, 2.75) is 31.5 Å². The number of aromatic nitrogens is 2. The summed E-state index contributed by atoms with van der Waals surface area (Å²) in [5.74, 6) is 2.74. The monoisotopic (exact) mass is 435 g/mol. The molecule has 3 aromatic rings. The van der Waals surface area contributed by atoms with Gasteiger partial charge in [0.15, 0.2) is 11.5 Å². The normalized spacial score (nSPS) is 26.3. The van der Waals surface area contributed by atoms with Gasteiger partial charge in [0.2, 0.25) is 12.7 Å². The predicted octanol–water partition coefficient (Wildman–Crippen LogP) is 2.51. The van der Waals surface area contributed by atoms with Crippen LogP contribution in [0.15, 0.2) is 42.5 Å². The molecule has 4 atom stereocenters. The van der Waals surface area contributed by atoms with Crippen LogP contribution < -0.4 is 14.2 Å². The lowest BCUT2D eigenvalue weighted by Gasteiger charge is -2.35. The molecule has 0 spiro atoms. The quantitative estimate of drug-likeness (QED) is 0.654. The van der Waals surface area contributed by atoms with Crippen molar-refractivity contribution >= 4 is 16.8 Å². The fourth-order valence-corrected chi connectivity index (χ4v) is 5.26. The Hall–Kier alpha value is -3.26. The van der Waals surface area contributed by atoms with Crippen LogP contribution in [0.25, 0.3) is 10.9 Å². The van der Waals surface area contributed by atoms with Gasteiger partial charge in [0.1, 0.15) is 11.9 Å². The summed E-state index contributed by atoms with van der Waals surface area (Å²) in [5.41, 5.74) is 1.72. The lowest BCUT2D eigenvalue weighted by Crippen LogP contribution is -2.42. The van der Waals surface area contributed by atoms with Crippen LogP contribution >= 0.6 is 0 Å². The summed E-state index contributed by atoms with van der Waals surface area (Å²) in [6.07, 6.45) is 0.796. The SMILES string of the molecule is O=C(Cc1[nH]nc2ccccc12)N1C[C@H]2C[C@@H](Oc3ccc4c(c3)OCO4)[C@H](O)C[C@H]2C1. The smallest absolute Gasteiger partial charge is 0.231 e. The van der Waals surface area contributed by atoms with Crippen LogP contribution in [0.1, 0.15) is 18.5 Å². The minimum absolute atomic E-state index is 0.0940. The maximum atomic E-state index is 13.0. The molecule has 1 saturated carbocycles. The highest BCUT2D eigenvalue weighted by atomic mass is 16.7. The van der Waals surface area contributed by atoms with E-state index < -0.39 is 6.10 Å². The standard InChI is InChI=1S/C24H25N3O5/c28-20-7-14-11-27(24(29)10-19-17-3-1-2-4-18(17)25-26-19)12-15(14)8-22(20)32-16-5-6-21-23(9-16)31-13-30-21/h1-6,9,14-15,20,22,28H,7-8,10-13H2,(H,25,26)/t14-,15+,20+,22+/m0/s1. The number of benzene rings is 2. The molecule has 0 unspecified atom stereocenters. The molecular formula is C24H25N3O5. The average molecular weight is 435 g/mol. The number of aliphatic hydroxyl groups excluding tert-OH is 1. The van der Waals surface area contributed by atoms with Gasteiger partial charge in [0.05, 0.1) is 23.7 Å². The zero-order chi connectivity index (χ0) is 21.7. The molecule has 1 aliphatic carbocycles. The van der Waals surface area contributed by atoms with Crippen LogP contribution in [0.4, 0.5) is 0 Å². The highest BCUT2D eigenvalue weighted by Gasteiger charge is 2.44. The molecule has 0 bridgehead atoms. The van der Waals surface area contributed by atoms with E-state index in [4.69, 9.17) is 14.2 Å². The van der Waals surface area contributed by atoms with E-state index in [9.17, 15) is 9.90 Å². The number of carbonyl (C=O) groups is 1. The van der Waals surface area contributed by atoms with Crippen LogP contribution in [0, 0.1) is 11.8 Å². The Balaban J connectivity index is 1.11. The largest absolute Gasteiger partial charge is 0.488 e. The third-order valence-electron chi connectivity index (χ3n) is 6.94. The number of nitrogens with zero attached hydrogens (tertiary/aromatic N) is 2. The minimum atomic E-state index is -0.562. The molecule has 3 aliphatic rings. The number of rotatable bonds is 4. The fourth-order valence-electron chi connectivity index (χ4n) is 5.26. The molecule has 3 heterocycles. The molecule has 32 heavy (non-hydrogen) atoms. The maximum Gasteiger partial charge on any atom is 0.231 e. The van der Waals surface area contributed by atoms with Gasteiger partial charge in [-0.15, -0.1) is 0 Å². The van der Waals surface area contributed by atoms with Crippen molar-refractivity contribution in [3.05, 3.63) is 48.2 Å². The first kappa shape index (κ1) is 19.4. The van der Waals surface area contributed by atoms with Crippen LogP contribution in [0.2, 0.25) is 0 Å². The molecule has 2 N–H and O–H groups in total. The van der Waals surface area contributed by atoms with Gasteiger partial charge in [-0.05, 0) is 42.9 Å². The summed E-state index contributed by atoms with van der Waals surface area (Å²) in [6, 6.07) is 13.3. The van der Waals surface area contributed by atoms with Crippen LogP contribution in [0.5, 0.6) is 17.2 Å². The molecule has 8 nitrogen and oxygen atoms in total. The Morgan fingerprint density at radius 1 is 1.12 bits per heavy atom. The first-order valence-corrected chi connectivity index (χ1v) is 11.1. The minimum Gasteiger partial charge on any atom is -0.488 e. The van der Waals surface area contributed by atoms with Crippen LogP contribution in [0.3, 0.4) is 0 Å². The fraction of sp³-hybridized carbons (Fsp3) is 0.417. The zero-order valence-corrected chi connectivity index (χ0v) is 17.6. The van der Waals surface area contributed by atoms with Gasteiger partial charge in [-0.1, -0.05) is 18.2 Å². The second kappa shape index (κ2) is 7.70. The van der Waals surface area contributed by atoms with Gasteiger partial charge < -0.3 is 24.2 Å². The van der Waals surface area contributed by atoms with E-state index in [-0.39, 0.29) is 18.8 Å². The Labute approximate surface area is 185 Å². The van der Waals surface area contributed by atoms with E-state index in [0.29, 0.717) is 55.0 Å². The lowest BCUT2D eigenvalue weighted by molar-refractivity contribution is -0.129. The number of ether oxygens (including phenoxy) is 3. The first-order chi connectivity index (χ1) is 15.6. The first-order valence-electron chi connectivity index (χ1n) is 11.1. The summed E-state index contributed by atoms with van der Waals surface area (Å²) < 4.78 is 16.9. The van der Waals surface area contributed by atoms with E-state index in [1.165, 1.54) is 0 Å². The number of nitrogens with one attached hydrogen (secondary N) is 1. The van der Waals surface area contributed by atoms with Crippen molar-refractivity contribution in [2.75, 3.05) is 19.9 Å². The highest BCUT2D eigenvalue weighted by molar-refractivity contribution is 5.87. The Kier molecular flexibility index (Phi) is 4.68. The summed E-state index contributed by atoms with van der Waals surface area (Å²) >= 11 is 0. The summed E-state index contributed by atoms with van der Waals surface area (Å²) in [6.45, 7) is 1.60. The van der Waals surface area contributed by atoms with Gasteiger partial charge in [-0.2, -0.15) is 5.10 Å². The molecule has 1 aromatic heterocycles. The molecule has 2 fully saturated rings. The molecule has 2 aromatic carbocycles. The van der Waals surface area contributed by atoms with Crippen LogP contribution in [-0.2, 0) is 11.2 Å². The second-order valence-corrected chi connectivity index (χ2v) is 8.93. The molecule has 0 radical (unpaired) electrons. The number of aromatic amines is 1. The summed E-state index contributed by atoms with van der Waals surface area (Å²) in [5, 5.41) is 19.0.